The van der Waals surface area contributed by atoms with Gasteiger partial charge in [0.1, 0.15) is 17.2 Å². The number of hydrogen-bond donors (Lipinski definition) is 1. The van der Waals surface area contributed by atoms with Crippen molar-refractivity contribution in [1.82, 2.24) is 4.98 Å². The van der Waals surface area contributed by atoms with Crippen molar-refractivity contribution < 1.29 is 28.2 Å². The van der Waals surface area contributed by atoms with Crippen LogP contribution in [0.2, 0.25) is 0 Å². The Bertz CT molecular complexity index is 993. The van der Waals surface area contributed by atoms with E-state index in [0.717, 1.165) is 5.56 Å². The molecular formula is C21H20N2O6. The third-order valence-electron chi connectivity index (χ3n) is 3.98. The molecule has 1 heterocycles. The second kappa shape index (κ2) is 8.92. The van der Waals surface area contributed by atoms with E-state index in [4.69, 9.17) is 24.4 Å². The Kier molecular flexibility index (Phi) is 6.13. The van der Waals surface area contributed by atoms with Crippen LogP contribution in [0.3, 0.4) is 0 Å². The van der Waals surface area contributed by atoms with E-state index >= 15 is 0 Å². The van der Waals surface area contributed by atoms with E-state index in [1.807, 2.05) is 12.1 Å². The Labute approximate surface area is 167 Å². The van der Waals surface area contributed by atoms with Crippen LogP contribution in [0.4, 0.5) is 0 Å². The number of nitrogens with two attached hydrogens (primary N) is 1. The summed E-state index contributed by atoms with van der Waals surface area (Å²) in [6.07, 6.45) is 0. The average Bonchev–Trinajstić information content (AvgIpc) is 3.19. The molecule has 3 rings (SSSR count). The first kappa shape index (κ1) is 19.9. The van der Waals surface area contributed by atoms with Crippen LogP contribution >= 0.6 is 0 Å². The van der Waals surface area contributed by atoms with Gasteiger partial charge in [-0.1, -0.05) is 0 Å². The van der Waals surface area contributed by atoms with Crippen LogP contribution in [-0.4, -0.2) is 37.2 Å². The number of benzene rings is 2. The number of amides is 1. The molecule has 0 aliphatic carbocycles. The van der Waals surface area contributed by atoms with E-state index in [9.17, 15) is 9.59 Å². The molecule has 1 amide bonds. The number of primary amides is 1. The van der Waals surface area contributed by atoms with Gasteiger partial charge in [0.25, 0.3) is 5.89 Å². The summed E-state index contributed by atoms with van der Waals surface area (Å²) in [5.41, 5.74) is 7.21. The van der Waals surface area contributed by atoms with Gasteiger partial charge < -0.3 is 24.4 Å². The van der Waals surface area contributed by atoms with Gasteiger partial charge in [-0.3, -0.25) is 4.79 Å². The molecule has 0 fully saturated rings. The summed E-state index contributed by atoms with van der Waals surface area (Å²) in [6, 6.07) is 14.0. The zero-order valence-corrected chi connectivity index (χ0v) is 16.0. The van der Waals surface area contributed by atoms with E-state index in [0.29, 0.717) is 35.1 Å². The van der Waals surface area contributed by atoms with Crippen molar-refractivity contribution in [1.29, 1.82) is 0 Å². The van der Waals surface area contributed by atoms with E-state index in [1.165, 1.54) is 0 Å². The van der Waals surface area contributed by atoms with Crippen LogP contribution in [0.5, 0.6) is 11.5 Å². The summed E-state index contributed by atoms with van der Waals surface area (Å²) in [4.78, 5) is 27.2. The molecule has 2 aromatic carbocycles. The molecule has 29 heavy (non-hydrogen) atoms. The maximum absolute atomic E-state index is 11.6. The first-order valence-corrected chi connectivity index (χ1v) is 8.85. The smallest absolute Gasteiger partial charge is 0.344 e. The lowest BCUT2D eigenvalue weighted by Gasteiger charge is -2.07. The van der Waals surface area contributed by atoms with Gasteiger partial charge in [0.2, 0.25) is 0 Å². The highest BCUT2D eigenvalue weighted by atomic mass is 16.6. The van der Waals surface area contributed by atoms with Crippen LogP contribution in [-0.2, 0) is 9.53 Å². The van der Waals surface area contributed by atoms with E-state index in [2.05, 4.69) is 4.98 Å². The first-order valence-electron chi connectivity index (χ1n) is 8.85. The van der Waals surface area contributed by atoms with Crippen molar-refractivity contribution in [3.8, 4) is 34.1 Å². The summed E-state index contributed by atoms with van der Waals surface area (Å²) < 4.78 is 21.0. The van der Waals surface area contributed by atoms with Gasteiger partial charge in [0, 0.05) is 11.1 Å². The first-order chi connectivity index (χ1) is 14.0. The van der Waals surface area contributed by atoms with Crippen molar-refractivity contribution >= 4 is 11.9 Å². The molecule has 1 aromatic heterocycles. The molecule has 0 atom stereocenters. The molecule has 0 saturated carbocycles. The third-order valence-corrected chi connectivity index (χ3v) is 3.98. The summed E-state index contributed by atoms with van der Waals surface area (Å²) >= 11 is 0. The number of carbonyl (C=O) groups is 2. The maximum atomic E-state index is 11.6. The molecule has 0 saturated heterocycles. The summed E-state index contributed by atoms with van der Waals surface area (Å²) in [7, 11) is 1.58. The molecule has 0 aliphatic heterocycles. The Morgan fingerprint density at radius 2 is 1.62 bits per heavy atom. The number of esters is 1. The summed E-state index contributed by atoms with van der Waals surface area (Å²) in [5.74, 6) is 0.175. The fourth-order valence-electron chi connectivity index (χ4n) is 2.61. The number of hydrogen-bond acceptors (Lipinski definition) is 7. The van der Waals surface area contributed by atoms with Gasteiger partial charge in [-0.2, -0.15) is 0 Å². The number of carbonyl (C=O) groups excluding carboxylic acids is 2. The number of rotatable bonds is 8. The molecule has 0 unspecified atom stereocenters. The Balaban J connectivity index is 1.89. The summed E-state index contributed by atoms with van der Waals surface area (Å²) in [6.45, 7) is 1.84. The molecule has 150 valence electrons. The lowest BCUT2D eigenvalue weighted by atomic mass is 10.1. The van der Waals surface area contributed by atoms with Gasteiger partial charge >= 0.3 is 11.9 Å². The molecule has 0 spiro atoms. The van der Waals surface area contributed by atoms with E-state index in [1.54, 1.807) is 50.4 Å². The van der Waals surface area contributed by atoms with Crippen LogP contribution in [0.25, 0.3) is 22.6 Å². The number of nitrogens with zero attached hydrogens (tertiary/aromatic N) is 1. The quantitative estimate of drug-likeness (QED) is 0.582. The van der Waals surface area contributed by atoms with Gasteiger partial charge in [-0.25, -0.2) is 9.78 Å². The Morgan fingerprint density at radius 3 is 2.21 bits per heavy atom. The van der Waals surface area contributed by atoms with Crippen molar-refractivity contribution in [2.45, 2.75) is 6.92 Å². The predicted molar refractivity (Wildman–Crippen MR) is 105 cm³/mol. The normalized spacial score (nSPS) is 10.4. The van der Waals surface area contributed by atoms with Crippen LogP contribution in [0.1, 0.15) is 17.6 Å². The molecular weight excluding hydrogens is 376 g/mol. The lowest BCUT2D eigenvalue weighted by molar-refractivity contribution is -0.145. The minimum Gasteiger partial charge on any atom is -0.497 e. The monoisotopic (exact) mass is 396 g/mol. The topological polar surface area (TPSA) is 114 Å². The van der Waals surface area contributed by atoms with Gasteiger partial charge in [0.05, 0.1) is 13.7 Å². The Morgan fingerprint density at radius 1 is 1.00 bits per heavy atom. The zero-order chi connectivity index (χ0) is 20.8. The minimum absolute atomic E-state index is 0.182. The highest BCUT2D eigenvalue weighted by molar-refractivity contribution is 5.90. The fourth-order valence-corrected chi connectivity index (χ4v) is 2.61. The molecule has 0 aliphatic rings. The Hall–Kier alpha value is -3.81. The second-order valence-electron chi connectivity index (χ2n) is 5.91. The molecule has 3 aromatic rings. The predicted octanol–water partition coefficient (Wildman–Crippen LogP) is 3.06. The maximum Gasteiger partial charge on any atom is 0.344 e. The van der Waals surface area contributed by atoms with Crippen molar-refractivity contribution in [2.75, 3.05) is 20.3 Å². The highest BCUT2D eigenvalue weighted by Gasteiger charge is 2.20. The zero-order valence-electron chi connectivity index (χ0n) is 16.0. The van der Waals surface area contributed by atoms with Crippen LogP contribution in [0, 0.1) is 0 Å². The molecule has 0 radical (unpaired) electrons. The molecule has 0 bridgehead atoms. The number of oxazole rings is 1. The molecule has 2 N–H and O–H groups in total. The number of ether oxygens (including phenoxy) is 3. The SMILES string of the molecule is CCOC(=O)COc1ccc(-c2oc(C(N)=O)nc2-c2ccc(OC)cc2)cc1. The molecule has 8 nitrogen and oxygen atoms in total. The summed E-state index contributed by atoms with van der Waals surface area (Å²) in [5, 5.41) is 0. The largest absolute Gasteiger partial charge is 0.497 e. The van der Waals surface area contributed by atoms with E-state index in [-0.39, 0.29) is 12.5 Å². The minimum atomic E-state index is -0.764. The number of methoxy groups -OCH3 is 1. The van der Waals surface area contributed by atoms with Gasteiger partial charge in [-0.05, 0) is 55.5 Å². The number of aromatic nitrogens is 1. The fraction of sp³-hybridized carbons (Fsp3) is 0.190. The highest BCUT2D eigenvalue weighted by Crippen LogP contribution is 2.34. The lowest BCUT2D eigenvalue weighted by Crippen LogP contribution is -2.14. The van der Waals surface area contributed by atoms with Gasteiger partial charge in [-0.15, -0.1) is 0 Å². The third kappa shape index (κ3) is 4.73. The van der Waals surface area contributed by atoms with Crippen LogP contribution in [0.15, 0.2) is 52.9 Å². The van der Waals surface area contributed by atoms with Gasteiger partial charge in [0.15, 0.2) is 12.4 Å². The van der Waals surface area contributed by atoms with Crippen molar-refractivity contribution in [2.24, 2.45) is 5.73 Å². The van der Waals surface area contributed by atoms with Crippen molar-refractivity contribution in [3.63, 3.8) is 0 Å². The average molecular weight is 396 g/mol. The van der Waals surface area contributed by atoms with Crippen molar-refractivity contribution in [3.05, 3.63) is 54.4 Å². The van der Waals surface area contributed by atoms with E-state index < -0.39 is 11.9 Å². The van der Waals surface area contributed by atoms with Crippen LogP contribution < -0.4 is 15.2 Å². The second-order valence-corrected chi connectivity index (χ2v) is 5.91. The molecule has 8 heteroatoms. The standard InChI is InChI=1S/C21H20N2O6/c1-3-27-17(24)12-28-16-10-6-14(7-11-16)19-18(23-21(29-19)20(22)25)13-4-8-15(26-2)9-5-13/h4-11H,3,12H2,1-2H3,(H2,22,25).